The first-order valence-corrected chi connectivity index (χ1v) is 5.62. The molecule has 88 valence electrons. The SMILES string of the molecule is COCCNCC(=O)Nc1ccc(Br)cn1. The van der Waals surface area contributed by atoms with Crippen molar-refractivity contribution in [3.05, 3.63) is 22.8 Å². The van der Waals surface area contributed by atoms with Crippen molar-refractivity contribution in [1.29, 1.82) is 0 Å². The highest BCUT2D eigenvalue weighted by Crippen LogP contribution is 2.09. The van der Waals surface area contributed by atoms with Crippen LogP contribution in [0, 0.1) is 0 Å². The molecule has 1 heterocycles. The van der Waals surface area contributed by atoms with E-state index < -0.39 is 0 Å². The fourth-order valence-electron chi connectivity index (χ4n) is 1.01. The molecule has 0 aliphatic heterocycles. The van der Waals surface area contributed by atoms with Crippen molar-refractivity contribution in [2.45, 2.75) is 0 Å². The van der Waals surface area contributed by atoms with Crippen LogP contribution in [-0.2, 0) is 9.53 Å². The average molecular weight is 288 g/mol. The lowest BCUT2D eigenvalue weighted by Gasteiger charge is -2.05. The Balaban J connectivity index is 2.26. The Hall–Kier alpha value is -0.980. The van der Waals surface area contributed by atoms with E-state index in [0.717, 1.165) is 4.47 Å². The summed E-state index contributed by atoms with van der Waals surface area (Å²) in [5.41, 5.74) is 0. The fraction of sp³-hybridized carbons (Fsp3) is 0.400. The van der Waals surface area contributed by atoms with Gasteiger partial charge in [-0.2, -0.15) is 0 Å². The van der Waals surface area contributed by atoms with E-state index in [1.807, 2.05) is 6.07 Å². The lowest BCUT2D eigenvalue weighted by molar-refractivity contribution is -0.115. The molecule has 0 aliphatic carbocycles. The predicted molar refractivity (Wildman–Crippen MR) is 65.3 cm³/mol. The van der Waals surface area contributed by atoms with Crippen molar-refractivity contribution in [1.82, 2.24) is 10.3 Å². The number of hydrogen-bond donors (Lipinski definition) is 2. The van der Waals surface area contributed by atoms with Crippen LogP contribution >= 0.6 is 15.9 Å². The molecule has 0 atom stereocenters. The summed E-state index contributed by atoms with van der Waals surface area (Å²) in [5.74, 6) is 0.424. The summed E-state index contributed by atoms with van der Waals surface area (Å²) < 4.78 is 5.72. The molecule has 6 heteroatoms. The van der Waals surface area contributed by atoms with E-state index in [2.05, 4.69) is 31.5 Å². The van der Waals surface area contributed by atoms with Crippen LogP contribution in [0.1, 0.15) is 0 Å². The Kier molecular flexibility index (Phi) is 5.99. The molecular weight excluding hydrogens is 274 g/mol. The smallest absolute Gasteiger partial charge is 0.239 e. The zero-order chi connectivity index (χ0) is 11.8. The molecule has 0 radical (unpaired) electrons. The highest BCUT2D eigenvalue weighted by Gasteiger charge is 2.01. The van der Waals surface area contributed by atoms with Crippen molar-refractivity contribution in [3.8, 4) is 0 Å². The summed E-state index contributed by atoms with van der Waals surface area (Å²) in [5, 5.41) is 5.62. The minimum Gasteiger partial charge on any atom is -0.383 e. The number of hydrogen-bond acceptors (Lipinski definition) is 4. The van der Waals surface area contributed by atoms with Crippen LogP contribution in [0.15, 0.2) is 22.8 Å². The lowest BCUT2D eigenvalue weighted by Crippen LogP contribution is -2.30. The van der Waals surface area contributed by atoms with Gasteiger partial charge in [-0.25, -0.2) is 4.98 Å². The molecule has 2 N–H and O–H groups in total. The maximum atomic E-state index is 11.4. The van der Waals surface area contributed by atoms with E-state index in [4.69, 9.17) is 4.74 Å². The first kappa shape index (κ1) is 13.1. The number of pyridine rings is 1. The molecule has 1 rings (SSSR count). The maximum absolute atomic E-state index is 11.4. The van der Waals surface area contributed by atoms with Crippen LogP contribution in [0.5, 0.6) is 0 Å². The number of rotatable bonds is 6. The Morgan fingerprint density at radius 1 is 1.56 bits per heavy atom. The maximum Gasteiger partial charge on any atom is 0.239 e. The van der Waals surface area contributed by atoms with E-state index in [1.165, 1.54) is 0 Å². The Bertz CT molecular complexity index is 329. The molecule has 0 bridgehead atoms. The van der Waals surface area contributed by atoms with Crippen molar-refractivity contribution < 1.29 is 9.53 Å². The molecule has 1 aromatic rings. The molecule has 5 nitrogen and oxygen atoms in total. The number of carbonyl (C=O) groups excluding carboxylic acids is 1. The number of nitrogens with one attached hydrogen (secondary N) is 2. The van der Waals surface area contributed by atoms with Crippen LogP contribution in [-0.4, -0.2) is 37.7 Å². The van der Waals surface area contributed by atoms with Gasteiger partial charge in [0.05, 0.1) is 13.2 Å². The molecule has 0 fully saturated rings. The van der Waals surface area contributed by atoms with E-state index in [-0.39, 0.29) is 12.5 Å². The number of carbonyl (C=O) groups is 1. The van der Waals surface area contributed by atoms with Crippen molar-refractivity contribution in [3.63, 3.8) is 0 Å². The monoisotopic (exact) mass is 287 g/mol. The van der Waals surface area contributed by atoms with Gasteiger partial charge in [-0.3, -0.25) is 4.79 Å². The summed E-state index contributed by atoms with van der Waals surface area (Å²) >= 11 is 3.27. The van der Waals surface area contributed by atoms with Gasteiger partial charge in [0.15, 0.2) is 0 Å². The van der Waals surface area contributed by atoms with Gasteiger partial charge in [0, 0.05) is 24.3 Å². The molecular formula is C10H14BrN3O2. The second-order valence-corrected chi connectivity index (χ2v) is 4.00. The van der Waals surface area contributed by atoms with Gasteiger partial charge in [-0.15, -0.1) is 0 Å². The van der Waals surface area contributed by atoms with Crippen LogP contribution in [0.3, 0.4) is 0 Å². The lowest BCUT2D eigenvalue weighted by atomic mass is 10.4. The fourth-order valence-corrected chi connectivity index (χ4v) is 1.25. The van der Waals surface area contributed by atoms with E-state index in [0.29, 0.717) is 19.0 Å². The van der Waals surface area contributed by atoms with Crippen molar-refractivity contribution >= 4 is 27.7 Å². The normalized spacial score (nSPS) is 10.1. The minimum absolute atomic E-state index is 0.120. The van der Waals surface area contributed by atoms with Gasteiger partial charge in [-0.1, -0.05) is 0 Å². The van der Waals surface area contributed by atoms with Gasteiger partial charge in [0.1, 0.15) is 5.82 Å². The van der Waals surface area contributed by atoms with Gasteiger partial charge in [0.25, 0.3) is 0 Å². The quantitative estimate of drug-likeness (QED) is 0.767. The third-order valence-corrected chi connectivity index (χ3v) is 2.23. The second kappa shape index (κ2) is 7.32. The third kappa shape index (κ3) is 5.20. The van der Waals surface area contributed by atoms with Crippen molar-refractivity contribution in [2.75, 3.05) is 32.1 Å². The average Bonchev–Trinajstić information content (AvgIpc) is 2.28. The standard InChI is InChI=1S/C10H14BrN3O2/c1-16-5-4-12-7-10(15)14-9-3-2-8(11)6-13-9/h2-3,6,12H,4-5,7H2,1H3,(H,13,14,15). The van der Waals surface area contributed by atoms with Crippen LogP contribution in [0.2, 0.25) is 0 Å². The Labute approximate surface area is 103 Å². The molecule has 16 heavy (non-hydrogen) atoms. The van der Waals surface area contributed by atoms with Crippen LogP contribution in [0.25, 0.3) is 0 Å². The number of anilines is 1. The Morgan fingerprint density at radius 3 is 3.00 bits per heavy atom. The van der Waals surface area contributed by atoms with Crippen LogP contribution in [0.4, 0.5) is 5.82 Å². The van der Waals surface area contributed by atoms with E-state index in [1.54, 1.807) is 19.4 Å². The highest BCUT2D eigenvalue weighted by molar-refractivity contribution is 9.10. The zero-order valence-electron chi connectivity index (χ0n) is 9.00. The van der Waals surface area contributed by atoms with Gasteiger partial charge < -0.3 is 15.4 Å². The number of methoxy groups -OCH3 is 1. The number of ether oxygens (including phenoxy) is 1. The largest absolute Gasteiger partial charge is 0.383 e. The summed E-state index contributed by atoms with van der Waals surface area (Å²) in [7, 11) is 1.62. The first-order chi connectivity index (χ1) is 7.72. The molecule has 0 aromatic carbocycles. The summed E-state index contributed by atoms with van der Waals surface area (Å²) in [6.45, 7) is 1.49. The second-order valence-electron chi connectivity index (χ2n) is 3.08. The summed E-state index contributed by atoms with van der Waals surface area (Å²) in [6.07, 6.45) is 1.63. The highest BCUT2D eigenvalue weighted by atomic mass is 79.9. The molecule has 0 saturated carbocycles. The molecule has 0 spiro atoms. The number of halogens is 1. The van der Waals surface area contributed by atoms with E-state index in [9.17, 15) is 4.79 Å². The molecule has 0 unspecified atom stereocenters. The number of nitrogens with zero attached hydrogens (tertiary/aromatic N) is 1. The van der Waals surface area contributed by atoms with Gasteiger partial charge >= 0.3 is 0 Å². The Morgan fingerprint density at radius 2 is 2.38 bits per heavy atom. The summed E-state index contributed by atoms with van der Waals surface area (Å²) in [6, 6.07) is 3.55. The molecule has 0 aliphatic rings. The summed E-state index contributed by atoms with van der Waals surface area (Å²) in [4.78, 5) is 15.4. The van der Waals surface area contributed by atoms with Gasteiger partial charge in [-0.05, 0) is 28.1 Å². The number of aromatic nitrogens is 1. The number of amides is 1. The van der Waals surface area contributed by atoms with Crippen LogP contribution < -0.4 is 10.6 Å². The third-order valence-electron chi connectivity index (χ3n) is 1.76. The molecule has 0 saturated heterocycles. The minimum atomic E-state index is -0.120. The predicted octanol–water partition coefficient (Wildman–Crippen LogP) is 1.02. The van der Waals surface area contributed by atoms with Gasteiger partial charge in [0.2, 0.25) is 5.91 Å². The first-order valence-electron chi connectivity index (χ1n) is 4.83. The zero-order valence-corrected chi connectivity index (χ0v) is 10.6. The molecule has 1 amide bonds. The molecule has 1 aromatic heterocycles. The topological polar surface area (TPSA) is 63.2 Å². The van der Waals surface area contributed by atoms with Crippen molar-refractivity contribution in [2.24, 2.45) is 0 Å². The van der Waals surface area contributed by atoms with E-state index >= 15 is 0 Å².